The van der Waals surface area contributed by atoms with Crippen LogP contribution in [0.25, 0.3) is 10.2 Å². The molecule has 1 aliphatic heterocycles. The fourth-order valence-corrected chi connectivity index (χ4v) is 5.89. The maximum absolute atomic E-state index is 12.7. The number of benzene rings is 2. The van der Waals surface area contributed by atoms with E-state index in [0.717, 1.165) is 50.7 Å². The highest BCUT2D eigenvalue weighted by atomic mass is 32.1. The third-order valence-corrected chi connectivity index (χ3v) is 7.52. The Bertz CT molecular complexity index is 973. The van der Waals surface area contributed by atoms with Crippen molar-refractivity contribution in [1.82, 2.24) is 15.2 Å². The van der Waals surface area contributed by atoms with Crippen LogP contribution in [0.3, 0.4) is 0 Å². The molecule has 3 aromatic rings. The van der Waals surface area contributed by atoms with E-state index in [0.29, 0.717) is 12.5 Å². The number of hydrogen-bond donors (Lipinski definition) is 1. The number of aryl methyl sites for hydroxylation is 1. The van der Waals surface area contributed by atoms with Gasteiger partial charge < -0.3 is 5.32 Å². The molecular formula is C24H27N3OS. The predicted molar refractivity (Wildman–Crippen MR) is 118 cm³/mol. The van der Waals surface area contributed by atoms with Crippen LogP contribution in [0, 0.1) is 0 Å². The van der Waals surface area contributed by atoms with E-state index in [4.69, 9.17) is 4.98 Å². The lowest BCUT2D eigenvalue weighted by atomic mass is 9.88. The summed E-state index contributed by atoms with van der Waals surface area (Å²) in [7, 11) is 0. The lowest BCUT2D eigenvalue weighted by molar-refractivity contribution is -0.123. The van der Waals surface area contributed by atoms with Gasteiger partial charge in [-0.2, -0.15) is 0 Å². The molecule has 5 heteroatoms. The molecule has 2 aromatic carbocycles. The second-order valence-corrected chi connectivity index (χ2v) is 9.34. The molecule has 0 bridgehead atoms. The van der Waals surface area contributed by atoms with E-state index in [2.05, 4.69) is 58.7 Å². The van der Waals surface area contributed by atoms with Crippen LogP contribution in [0.4, 0.5) is 0 Å². The van der Waals surface area contributed by atoms with Gasteiger partial charge in [0.05, 0.1) is 27.8 Å². The van der Waals surface area contributed by atoms with Crippen molar-refractivity contribution in [1.29, 1.82) is 0 Å². The number of thiazole rings is 1. The zero-order valence-electron chi connectivity index (χ0n) is 16.6. The maximum Gasteiger partial charge on any atom is 0.234 e. The Morgan fingerprint density at radius 3 is 2.72 bits per heavy atom. The van der Waals surface area contributed by atoms with Crippen molar-refractivity contribution in [2.75, 3.05) is 19.6 Å². The molecule has 1 N–H and O–H groups in total. The Labute approximate surface area is 176 Å². The second kappa shape index (κ2) is 8.25. The third kappa shape index (κ3) is 4.07. The second-order valence-electron chi connectivity index (χ2n) is 8.28. The largest absolute Gasteiger partial charge is 0.348 e. The van der Waals surface area contributed by atoms with Gasteiger partial charge in [-0.1, -0.05) is 36.4 Å². The maximum atomic E-state index is 12.7. The summed E-state index contributed by atoms with van der Waals surface area (Å²) in [4.78, 5) is 19.8. The third-order valence-electron chi connectivity index (χ3n) is 6.32. The van der Waals surface area contributed by atoms with E-state index < -0.39 is 0 Å². The topological polar surface area (TPSA) is 45.2 Å². The van der Waals surface area contributed by atoms with Gasteiger partial charge in [-0.05, 0) is 68.5 Å². The smallest absolute Gasteiger partial charge is 0.234 e. The quantitative estimate of drug-likeness (QED) is 0.686. The van der Waals surface area contributed by atoms with Gasteiger partial charge >= 0.3 is 0 Å². The van der Waals surface area contributed by atoms with Gasteiger partial charge in [-0.25, -0.2) is 4.98 Å². The van der Waals surface area contributed by atoms with Gasteiger partial charge in [-0.3, -0.25) is 9.69 Å². The number of amides is 1. The number of nitrogens with one attached hydrogen (secondary N) is 1. The Balaban J connectivity index is 1.15. The summed E-state index contributed by atoms with van der Waals surface area (Å²) in [5.74, 6) is 0.682. The lowest BCUT2D eigenvalue weighted by Gasteiger charge is -2.32. The molecule has 4 nitrogen and oxygen atoms in total. The van der Waals surface area contributed by atoms with Crippen LogP contribution < -0.4 is 5.32 Å². The minimum Gasteiger partial charge on any atom is -0.348 e. The first-order chi connectivity index (χ1) is 14.3. The van der Waals surface area contributed by atoms with Crippen molar-refractivity contribution in [2.45, 2.75) is 44.1 Å². The molecule has 1 atom stereocenters. The Hall–Kier alpha value is -2.24. The highest BCUT2D eigenvalue weighted by Gasteiger charge is 2.26. The Morgan fingerprint density at radius 1 is 1.07 bits per heavy atom. The number of likely N-dealkylation sites (tertiary alicyclic amines) is 1. The van der Waals surface area contributed by atoms with Gasteiger partial charge in [0.2, 0.25) is 5.91 Å². The summed E-state index contributed by atoms with van der Waals surface area (Å²) >= 11 is 1.83. The Kier molecular flexibility index (Phi) is 5.34. The van der Waals surface area contributed by atoms with Crippen LogP contribution in [0.5, 0.6) is 0 Å². The summed E-state index contributed by atoms with van der Waals surface area (Å²) in [6, 6.07) is 17.1. The number of hydrogen-bond acceptors (Lipinski definition) is 4. The van der Waals surface area contributed by atoms with Crippen LogP contribution in [-0.2, 0) is 11.2 Å². The summed E-state index contributed by atoms with van der Waals surface area (Å²) < 4.78 is 1.28. The number of para-hydroxylation sites is 1. The molecule has 0 unspecified atom stereocenters. The molecule has 1 amide bonds. The average molecular weight is 406 g/mol. The summed E-state index contributed by atoms with van der Waals surface area (Å²) in [5, 5.41) is 4.55. The van der Waals surface area contributed by atoms with E-state index in [9.17, 15) is 4.79 Å². The van der Waals surface area contributed by atoms with Crippen molar-refractivity contribution in [2.24, 2.45) is 0 Å². The highest BCUT2D eigenvalue weighted by molar-refractivity contribution is 7.18. The molecule has 0 radical (unpaired) electrons. The standard InChI is InChI=1S/C24H27N3OS/c28-23(25-20-10-5-7-17-6-1-2-8-19(17)20)16-27-14-12-18(13-15-27)24-26-21-9-3-4-11-22(21)29-24/h1-4,6,8-9,11,18,20H,5,7,10,12-16H2,(H,25,28)/t20-/m0/s1. The van der Waals surface area contributed by atoms with E-state index in [1.165, 1.54) is 20.8 Å². The number of aromatic nitrogens is 1. The van der Waals surface area contributed by atoms with Gasteiger partial charge in [0.25, 0.3) is 0 Å². The molecule has 29 heavy (non-hydrogen) atoms. The fourth-order valence-electron chi connectivity index (χ4n) is 4.75. The first-order valence-corrected chi connectivity index (χ1v) is 11.5. The van der Waals surface area contributed by atoms with Crippen molar-refractivity contribution in [3.05, 3.63) is 64.7 Å². The molecule has 150 valence electrons. The molecule has 1 aromatic heterocycles. The summed E-state index contributed by atoms with van der Waals surface area (Å²) in [6.07, 6.45) is 5.48. The molecule has 1 saturated heterocycles. The number of carbonyl (C=O) groups excluding carboxylic acids is 1. The monoisotopic (exact) mass is 405 g/mol. The molecule has 1 fully saturated rings. The Morgan fingerprint density at radius 2 is 1.86 bits per heavy atom. The molecular weight excluding hydrogens is 378 g/mol. The van der Waals surface area contributed by atoms with E-state index >= 15 is 0 Å². The van der Waals surface area contributed by atoms with Gasteiger partial charge in [-0.15, -0.1) is 11.3 Å². The lowest BCUT2D eigenvalue weighted by Crippen LogP contribution is -2.42. The number of piperidine rings is 1. The number of rotatable bonds is 4. The number of fused-ring (bicyclic) bond motifs is 2. The van der Waals surface area contributed by atoms with Gasteiger partial charge in [0, 0.05) is 5.92 Å². The number of nitrogens with zero attached hydrogens (tertiary/aromatic N) is 2. The molecule has 5 rings (SSSR count). The summed E-state index contributed by atoms with van der Waals surface area (Å²) in [5.41, 5.74) is 3.81. The SMILES string of the molecule is O=C(CN1CCC(c2nc3ccccc3s2)CC1)N[C@H]1CCCc2ccccc21. The minimum atomic E-state index is 0.158. The molecule has 2 aliphatic rings. The first kappa shape index (κ1) is 18.8. The van der Waals surface area contributed by atoms with E-state index in [-0.39, 0.29) is 11.9 Å². The van der Waals surface area contributed by atoms with Crippen LogP contribution in [0.2, 0.25) is 0 Å². The van der Waals surface area contributed by atoms with E-state index in [1.807, 2.05) is 11.3 Å². The van der Waals surface area contributed by atoms with Gasteiger partial charge in [0.1, 0.15) is 0 Å². The molecule has 2 heterocycles. The van der Waals surface area contributed by atoms with E-state index in [1.54, 1.807) is 0 Å². The zero-order chi connectivity index (χ0) is 19.6. The van der Waals surface area contributed by atoms with Crippen LogP contribution >= 0.6 is 11.3 Å². The summed E-state index contributed by atoms with van der Waals surface area (Å²) in [6.45, 7) is 2.44. The predicted octanol–water partition coefficient (Wildman–Crippen LogP) is 4.67. The molecule has 0 saturated carbocycles. The molecule has 1 aliphatic carbocycles. The highest BCUT2D eigenvalue weighted by Crippen LogP contribution is 2.34. The normalized spacial score (nSPS) is 20.5. The van der Waals surface area contributed by atoms with Crippen molar-refractivity contribution in [3.63, 3.8) is 0 Å². The fraction of sp³-hybridized carbons (Fsp3) is 0.417. The van der Waals surface area contributed by atoms with Gasteiger partial charge in [0.15, 0.2) is 0 Å². The van der Waals surface area contributed by atoms with Crippen molar-refractivity contribution in [3.8, 4) is 0 Å². The van der Waals surface area contributed by atoms with Crippen molar-refractivity contribution < 1.29 is 4.79 Å². The molecule has 0 spiro atoms. The number of carbonyl (C=O) groups is 1. The zero-order valence-corrected chi connectivity index (χ0v) is 17.5. The van der Waals surface area contributed by atoms with Crippen molar-refractivity contribution >= 4 is 27.5 Å². The van der Waals surface area contributed by atoms with Crippen LogP contribution in [0.15, 0.2) is 48.5 Å². The van der Waals surface area contributed by atoms with Crippen LogP contribution in [-0.4, -0.2) is 35.4 Å². The first-order valence-electron chi connectivity index (χ1n) is 10.7. The minimum absolute atomic E-state index is 0.158. The van der Waals surface area contributed by atoms with Crippen LogP contribution in [0.1, 0.15) is 53.8 Å². The average Bonchev–Trinajstić information content (AvgIpc) is 3.19.